The van der Waals surface area contributed by atoms with E-state index in [1.807, 2.05) is 18.2 Å². The highest BCUT2D eigenvalue weighted by Gasteiger charge is 2.17. The first-order chi connectivity index (χ1) is 9.91. The molecule has 2 rings (SSSR count). The molecule has 0 radical (unpaired) electrons. The summed E-state index contributed by atoms with van der Waals surface area (Å²) >= 11 is 6.16. The van der Waals surface area contributed by atoms with Crippen molar-refractivity contribution in [1.82, 2.24) is 0 Å². The molecule has 2 aromatic rings. The van der Waals surface area contributed by atoms with Gasteiger partial charge in [0.1, 0.15) is 5.75 Å². The number of methoxy groups -OCH3 is 1. The summed E-state index contributed by atoms with van der Waals surface area (Å²) in [6.45, 7) is 7.39. The van der Waals surface area contributed by atoms with Crippen molar-refractivity contribution in [3.8, 4) is 5.75 Å². The number of halogens is 1. The molecular formula is C18H22ClNO. The van der Waals surface area contributed by atoms with Crippen LogP contribution in [0.2, 0.25) is 5.02 Å². The fourth-order valence-corrected chi connectivity index (χ4v) is 2.59. The molecule has 0 saturated carbocycles. The lowest BCUT2D eigenvalue weighted by atomic mass is 9.86. The topological polar surface area (TPSA) is 21.3 Å². The zero-order valence-corrected chi connectivity index (χ0v) is 13.8. The number of anilines is 1. The summed E-state index contributed by atoms with van der Waals surface area (Å²) in [6.07, 6.45) is 0. The highest BCUT2D eigenvalue weighted by Crippen LogP contribution is 2.30. The molecule has 0 bridgehead atoms. The van der Waals surface area contributed by atoms with Crippen molar-refractivity contribution in [3.63, 3.8) is 0 Å². The van der Waals surface area contributed by atoms with Crippen LogP contribution in [0.1, 0.15) is 31.9 Å². The molecule has 0 aliphatic carbocycles. The van der Waals surface area contributed by atoms with Gasteiger partial charge in [0, 0.05) is 12.2 Å². The standard InChI is InChI=1S/C18H22ClNO/c1-18(2,3)14-7-5-6-8-16(14)20-12-13-9-10-17(21-4)15(19)11-13/h5-11,20H,12H2,1-4H3. The number of nitrogens with one attached hydrogen (secondary N) is 1. The van der Waals surface area contributed by atoms with Crippen LogP contribution in [-0.2, 0) is 12.0 Å². The normalized spacial score (nSPS) is 11.3. The van der Waals surface area contributed by atoms with E-state index >= 15 is 0 Å². The summed E-state index contributed by atoms with van der Waals surface area (Å²) in [4.78, 5) is 0. The molecule has 0 heterocycles. The van der Waals surface area contributed by atoms with Gasteiger partial charge in [-0.1, -0.05) is 56.6 Å². The molecule has 0 saturated heterocycles. The predicted molar refractivity (Wildman–Crippen MR) is 90.5 cm³/mol. The minimum absolute atomic E-state index is 0.112. The summed E-state index contributed by atoms with van der Waals surface area (Å²) in [6, 6.07) is 14.3. The number of ether oxygens (including phenoxy) is 1. The summed E-state index contributed by atoms with van der Waals surface area (Å²) in [5.74, 6) is 0.704. The molecule has 3 heteroatoms. The molecule has 0 spiro atoms. The molecule has 0 aliphatic heterocycles. The Morgan fingerprint density at radius 2 is 1.81 bits per heavy atom. The van der Waals surface area contributed by atoms with Gasteiger partial charge in [0.15, 0.2) is 0 Å². The van der Waals surface area contributed by atoms with Crippen LogP contribution in [0.25, 0.3) is 0 Å². The number of hydrogen-bond acceptors (Lipinski definition) is 2. The smallest absolute Gasteiger partial charge is 0.137 e. The van der Waals surface area contributed by atoms with E-state index in [9.17, 15) is 0 Å². The zero-order valence-electron chi connectivity index (χ0n) is 13.0. The van der Waals surface area contributed by atoms with Gasteiger partial charge in [-0.3, -0.25) is 0 Å². The van der Waals surface area contributed by atoms with Crippen LogP contribution in [0, 0.1) is 0 Å². The second kappa shape index (κ2) is 6.40. The molecule has 1 N–H and O–H groups in total. The Morgan fingerprint density at radius 3 is 2.43 bits per heavy atom. The highest BCUT2D eigenvalue weighted by atomic mass is 35.5. The summed E-state index contributed by atoms with van der Waals surface area (Å²) < 4.78 is 5.17. The third kappa shape index (κ3) is 3.92. The zero-order chi connectivity index (χ0) is 15.5. The first-order valence-electron chi connectivity index (χ1n) is 7.07. The molecule has 0 amide bonds. The first-order valence-corrected chi connectivity index (χ1v) is 7.45. The minimum Gasteiger partial charge on any atom is -0.495 e. The molecule has 2 aromatic carbocycles. The van der Waals surface area contributed by atoms with Gasteiger partial charge in [0.05, 0.1) is 12.1 Å². The number of rotatable bonds is 4. The van der Waals surface area contributed by atoms with Crippen molar-refractivity contribution in [2.45, 2.75) is 32.7 Å². The van der Waals surface area contributed by atoms with Crippen molar-refractivity contribution in [2.24, 2.45) is 0 Å². The van der Waals surface area contributed by atoms with Crippen LogP contribution >= 0.6 is 11.6 Å². The van der Waals surface area contributed by atoms with Gasteiger partial charge in [-0.25, -0.2) is 0 Å². The van der Waals surface area contributed by atoms with E-state index in [0.29, 0.717) is 10.8 Å². The van der Waals surface area contributed by atoms with E-state index in [0.717, 1.165) is 17.8 Å². The average Bonchev–Trinajstić information content (AvgIpc) is 2.44. The van der Waals surface area contributed by atoms with E-state index in [2.05, 4.69) is 50.4 Å². The molecule has 112 valence electrons. The average molecular weight is 304 g/mol. The van der Waals surface area contributed by atoms with Crippen LogP contribution in [0.5, 0.6) is 5.75 Å². The fourth-order valence-electron chi connectivity index (χ4n) is 2.31. The number of para-hydroxylation sites is 1. The molecule has 0 unspecified atom stereocenters. The van der Waals surface area contributed by atoms with Crippen LogP contribution in [0.4, 0.5) is 5.69 Å². The second-order valence-electron chi connectivity index (χ2n) is 6.12. The fraction of sp³-hybridized carbons (Fsp3) is 0.333. The van der Waals surface area contributed by atoms with Crippen LogP contribution in [0.3, 0.4) is 0 Å². The lowest BCUT2D eigenvalue weighted by molar-refractivity contribution is 0.415. The summed E-state index contributed by atoms with van der Waals surface area (Å²) in [5, 5.41) is 4.14. The van der Waals surface area contributed by atoms with Crippen molar-refractivity contribution in [1.29, 1.82) is 0 Å². The first kappa shape index (κ1) is 15.7. The van der Waals surface area contributed by atoms with Gasteiger partial charge in [0.2, 0.25) is 0 Å². The predicted octanol–water partition coefficient (Wildman–Crippen LogP) is 5.26. The van der Waals surface area contributed by atoms with Gasteiger partial charge < -0.3 is 10.1 Å². The second-order valence-corrected chi connectivity index (χ2v) is 6.53. The van der Waals surface area contributed by atoms with Crippen molar-refractivity contribution in [3.05, 3.63) is 58.6 Å². The van der Waals surface area contributed by atoms with Gasteiger partial charge in [-0.05, 0) is 34.7 Å². The van der Waals surface area contributed by atoms with Crippen molar-refractivity contribution < 1.29 is 4.74 Å². The van der Waals surface area contributed by atoms with E-state index in [4.69, 9.17) is 16.3 Å². The van der Waals surface area contributed by atoms with E-state index < -0.39 is 0 Å². The molecule has 0 aliphatic rings. The van der Waals surface area contributed by atoms with E-state index in [1.54, 1.807) is 7.11 Å². The summed E-state index contributed by atoms with van der Waals surface area (Å²) in [7, 11) is 1.62. The minimum atomic E-state index is 0.112. The van der Waals surface area contributed by atoms with E-state index in [-0.39, 0.29) is 5.41 Å². The Morgan fingerprint density at radius 1 is 1.10 bits per heavy atom. The lowest BCUT2D eigenvalue weighted by Crippen LogP contribution is -2.14. The van der Waals surface area contributed by atoms with Crippen molar-refractivity contribution in [2.75, 3.05) is 12.4 Å². The molecular weight excluding hydrogens is 282 g/mol. The highest BCUT2D eigenvalue weighted by molar-refractivity contribution is 6.32. The van der Waals surface area contributed by atoms with Crippen molar-refractivity contribution >= 4 is 17.3 Å². The number of benzene rings is 2. The largest absolute Gasteiger partial charge is 0.495 e. The molecule has 0 fully saturated rings. The maximum absolute atomic E-state index is 6.16. The molecule has 0 aromatic heterocycles. The Hall–Kier alpha value is -1.67. The van der Waals surface area contributed by atoms with Gasteiger partial charge in [-0.2, -0.15) is 0 Å². The Kier molecular flexibility index (Phi) is 4.79. The maximum Gasteiger partial charge on any atom is 0.137 e. The summed E-state index contributed by atoms with van der Waals surface area (Å²) in [5.41, 5.74) is 3.72. The molecule has 2 nitrogen and oxygen atoms in total. The van der Waals surface area contributed by atoms with Gasteiger partial charge in [0.25, 0.3) is 0 Å². The SMILES string of the molecule is COc1ccc(CNc2ccccc2C(C)(C)C)cc1Cl. The molecule has 0 atom stereocenters. The third-order valence-corrected chi connectivity index (χ3v) is 3.73. The lowest BCUT2D eigenvalue weighted by Gasteiger charge is -2.23. The van der Waals surface area contributed by atoms with Gasteiger partial charge in [-0.15, -0.1) is 0 Å². The van der Waals surface area contributed by atoms with Crippen LogP contribution in [0.15, 0.2) is 42.5 Å². The Labute approximate surface area is 132 Å². The quantitative estimate of drug-likeness (QED) is 0.832. The van der Waals surface area contributed by atoms with Gasteiger partial charge >= 0.3 is 0 Å². The Balaban J connectivity index is 2.15. The monoisotopic (exact) mass is 303 g/mol. The molecule has 21 heavy (non-hydrogen) atoms. The third-order valence-electron chi connectivity index (χ3n) is 3.43. The number of hydrogen-bond donors (Lipinski definition) is 1. The van der Waals surface area contributed by atoms with E-state index in [1.165, 1.54) is 5.56 Å². The Bertz CT molecular complexity index is 617. The van der Waals surface area contributed by atoms with Crippen LogP contribution in [-0.4, -0.2) is 7.11 Å². The maximum atomic E-state index is 6.16. The van der Waals surface area contributed by atoms with Crippen LogP contribution < -0.4 is 10.1 Å².